The average Bonchev–Trinajstić information content (AvgIpc) is 2.34. The van der Waals surface area contributed by atoms with Gasteiger partial charge in [0, 0.05) is 0 Å². The molecular weight excluding hydrogens is 232 g/mol. The molecule has 0 heterocycles. The molecular formula is C14H26O4. The fourth-order valence-corrected chi connectivity index (χ4v) is 2.56. The third-order valence-corrected chi connectivity index (χ3v) is 4.01. The van der Waals surface area contributed by atoms with Crippen LogP contribution in [0.1, 0.15) is 46.5 Å². The van der Waals surface area contributed by atoms with Crippen molar-refractivity contribution < 1.29 is 19.4 Å². The van der Waals surface area contributed by atoms with Crippen LogP contribution in [-0.2, 0) is 14.3 Å². The van der Waals surface area contributed by atoms with Gasteiger partial charge >= 0.3 is 0 Å². The maximum absolute atomic E-state index is 10.0. The summed E-state index contributed by atoms with van der Waals surface area (Å²) in [6.07, 6.45) is 3.73. The normalized spacial score (nSPS) is 30.2. The molecule has 1 aliphatic rings. The van der Waals surface area contributed by atoms with Gasteiger partial charge in [-0.3, -0.25) is 4.79 Å². The van der Waals surface area contributed by atoms with Crippen molar-refractivity contribution in [2.24, 2.45) is 11.8 Å². The van der Waals surface area contributed by atoms with Crippen LogP contribution in [0.15, 0.2) is 0 Å². The van der Waals surface area contributed by atoms with E-state index in [4.69, 9.17) is 4.74 Å². The van der Waals surface area contributed by atoms with Gasteiger partial charge in [0.15, 0.2) is 0 Å². The molecule has 1 atom stereocenters. The van der Waals surface area contributed by atoms with Gasteiger partial charge in [-0.25, -0.2) is 0 Å². The molecule has 0 radical (unpaired) electrons. The van der Waals surface area contributed by atoms with Crippen LogP contribution in [0.25, 0.3) is 0 Å². The van der Waals surface area contributed by atoms with Gasteiger partial charge in [0.25, 0.3) is 6.47 Å². The first kappa shape index (κ1) is 15.4. The Labute approximate surface area is 110 Å². The molecule has 1 N–H and O–H groups in total. The van der Waals surface area contributed by atoms with E-state index in [-0.39, 0.29) is 18.8 Å². The third-order valence-electron chi connectivity index (χ3n) is 4.01. The van der Waals surface area contributed by atoms with Gasteiger partial charge in [0.05, 0.1) is 12.2 Å². The second kappa shape index (κ2) is 7.10. The lowest BCUT2D eigenvalue weighted by Crippen LogP contribution is -2.38. The van der Waals surface area contributed by atoms with E-state index in [2.05, 4.69) is 25.5 Å². The second-order valence-electron chi connectivity index (χ2n) is 5.93. The maximum Gasteiger partial charge on any atom is 0.293 e. The summed E-state index contributed by atoms with van der Waals surface area (Å²) in [4.78, 5) is 10.0. The lowest BCUT2D eigenvalue weighted by molar-refractivity contribution is -0.137. The molecule has 1 fully saturated rings. The van der Waals surface area contributed by atoms with E-state index in [1.807, 2.05) is 0 Å². The van der Waals surface area contributed by atoms with Crippen molar-refractivity contribution in [1.29, 1.82) is 0 Å². The van der Waals surface area contributed by atoms with Crippen LogP contribution in [0.2, 0.25) is 0 Å². The molecule has 4 heteroatoms. The van der Waals surface area contributed by atoms with Crippen LogP contribution < -0.4 is 0 Å². The molecule has 18 heavy (non-hydrogen) atoms. The van der Waals surface area contributed by atoms with Crippen molar-refractivity contribution in [3.8, 4) is 0 Å². The number of aliphatic hydroxyl groups is 1. The zero-order valence-electron chi connectivity index (χ0n) is 11.7. The number of hydrogen-bond acceptors (Lipinski definition) is 4. The Morgan fingerprint density at radius 3 is 2.44 bits per heavy atom. The fraction of sp³-hybridized carbons (Fsp3) is 0.929. The molecule has 0 aromatic rings. The summed E-state index contributed by atoms with van der Waals surface area (Å²) in [6, 6.07) is 0. The Hall–Kier alpha value is -0.610. The van der Waals surface area contributed by atoms with Crippen molar-refractivity contribution >= 4 is 6.47 Å². The van der Waals surface area contributed by atoms with E-state index in [1.54, 1.807) is 0 Å². The van der Waals surface area contributed by atoms with Gasteiger partial charge < -0.3 is 14.6 Å². The minimum absolute atomic E-state index is 0.00813. The van der Waals surface area contributed by atoms with Crippen molar-refractivity contribution in [2.45, 2.75) is 58.2 Å². The van der Waals surface area contributed by atoms with E-state index >= 15 is 0 Å². The van der Waals surface area contributed by atoms with Crippen LogP contribution in [0.5, 0.6) is 0 Å². The van der Waals surface area contributed by atoms with Crippen LogP contribution in [-0.4, -0.2) is 36.5 Å². The zero-order chi connectivity index (χ0) is 13.6. The number of carbonyl (C=O) groups is 1. The average molecular weight is 258 g/mol. The second-order valence-corrected chi connectivity index (χ2v) is 5.93. The van der Waals surface area contributed by atoms with E-state index < -0.39 is 6.10 Å². The largest absolute Gasteiger partial charge is 0.465 e. The monoisotopic (exact) mass is 258 g/mol. The van der Waals surface area contributed by atoms with Gasteiger partial charge in [-0.1, -0.05) is 13.8 Å². The predicted molar refractivity (Wildman–Crippen MR) is 69.2 cm³/mol. The summed E-state index contributed by atoms with van der Waals surface area (Å²) in [7, 11) is 0. The summed E-state index contributed by atoms with van der Waals surface area (Å²) in [5.41, 5.74) is -0.131. The van der Waals surface area contributed by atoms with Crippen molar-refractivity contribution in [3.05, 3.63) is 0 Å². The lowest BCUT2D eigenvalue weighted by Gasteiger charge is -2.39. The quantitative estimate of drug-likeness (QED) is 0.711. The lowest BCUT2D eigenvalue weighted by atomic mass is 9.75. The first-order valence-electron chi connectivity index (χ1n) is 6.84. The molecule has 0 bridgehead atoms. The summed E-state index contributed by atoms with van der Waals surface area (Å²) < 4.78 is 10.3. The highest BCUT2D eigenvalue weighted by Gasteiger charge is 2.33. The minimum atomic E-state index is -0.727. The molecule has 1 rings (SSSR count). The summed E-state index contributed by atoms with van der Waals surface area (Å²) >= 11 is 0. The molecule has 1 saturated carbocycles. The number of hydrogen-bond donors (Lipinski definition) is 1. The molecule has 0 saturated heterocycles. The van der Waals surface area contributed by atoms with Crippen LogP contribution in [0, 0.1) is 11.8 Å². The van der Waals surface area contributed by atoms with Crippen molar-refractivity contribution in [1.82, 2.24) is 0 Å². The number of carbonyl (C=O) groups excluding carboxylic acids is 1. The number of aliphatic hydroxyl groups excluding tert-OH is 1. The summed E-state index contributed by atoms with van der Waals surface area (Å²) in [5.74, 6) is 1.53. The molecule has 0 aromatic carbocycles. The highest BCUT2D eigenvalue weighted by Crippen LogP contribution is 2.37. The molecule has 0 aromatic heterocycles. The Balaban J connectivity index is 2.27. The van der Waals surface area contributed by atoms with Gasteiger partial charge in [0.2, 0.25) is 0 Å². The first-order chi connectivity index (χ1) is 8.47. The molecule has 0 aliphatic heterocycles. The Morgan fingerprint density at radius 2 is 1.94 bits per heavy atom. The van der Waals surface area contributed by atoms with Crippen LogP contribution >= 0.6 is 0 Å². The van der Waals surface area contributed by atoms with Gasteiger partial charge in [-0.2, -0.15) is 0 Å². The zero-order valence-corrected chi connectivity index (χ0v) is 11.7. The van der Waals surface area contributed by atoms with Gasteiger partial charge in [-0.05, 0) is 44.4 Å². The summed E-state index contributed by atoms with van der Waals surface area (Å²) in [5, 5.41) is 9.56. The molecule has 0 amide bonds. The van der Waals surface area contributed by atoms with Crippen LogP contribution in [0.4, 0.5) is 0 Å². The van der Waals surface area contributed by atoms with Crippen LogP contribution in [0.3, 0.4) is 0 Å². The molecule has 1 aliphatic carbocycles. The van der Waals surface area contributed by atoms with Gasteiger partial charge in [-0.15, -0.1) is 0 Å². The first-order valence-corrected chi connectivity index (χ1v) is 6.84. The Bertz CT molecular complexity index is 244. The molecule has 0 spiro atoms. The Morgan fingerprint density at radius 1 is 1.33 bits per heavy atom. The highest BCUT2D eigenvalue weighted by molar-refractivity contribution is 5.36. The van der Waals surface area contributed by atoms with Crippen molar-refractivity contribution in [2.75, 3.05) is 13.2 Å². The van der Waals surface area contributed by atoms with Gasteiger partial charge in [0.1, 0.15) is 12.7 Å². The fourth-order valence-electron chi connectivity index (χ4n) is 2.56. The topological polar surface area (TPSA) is 55.8 Å². The standard InChI is InChI=1S/C14H26O4/c1-11(2)12-4-6-14(3,7-5-12)18-9-13(16)8-17-10-15/h10-13,16H,4-9H2,1-3H3. The molecule has 106 valence electrons. The smallest absolute Gasteiger partial charge is 0.293 e. The van der Waals surface area contributed by atoms with E-state index in [1.165, 1.54) is 12.8 Å². The Kier molecular flexibility index (Phi) is 6.09. The van der Waals surface area contributed by atoms with E-state index in [0.29, 0.717) is 6.47 Å². The number of ether oxygens (including phenoxy) is 2. The SMILES string of the molecule is CC(C)C1CCC(C)(OCC(O)COC=O)CC1. The van der Waals surface area contributed by atoms with E-state index in [9.17, 15) is 9.90 Å². The minimum Gasteiger partial charge on any atom is -0.465 e. The molecule has 1 unspecified atom stereocenters. The maximum atomic E-state index is 10.0. The number of rotatable bonds is 7. The summed E-state index contributed by atoms with van der Waals surface area (Å²) in [6.45, 7) is 7.24. The molecule has 4 nitrogen and oxygen atoms in total. The highest BCUT2D eigenvalue weighted by atomic mass is 16.5. The predicted octanol–water partition coefficient (Wildman–Crippen LogP) is 2.14. The third kappa shape index (κ3) is 4.94. The van der Waals surface area contributed by atoms with E-state index in [0.717, 1.165) is 24.7 Å². The van der Waals surface area contributed by atoms with Crippen molar-refractivity contribution in [3.63, 3.8) is 0 Å².